The van der Waals surface area contributed by atoms with Crippen LogP contribution in [0, 0.1) is 0 Å². The molecule has 6 nitrogen and oxygen atoms in total. The van der Waals surface area contributed by atoms with Crippen LogP contribution in [0.4, 0.5) is 0 Å². The van der Waals surface area contributed by atoms with Gasteiger partial charge in [-0.15, -0.1) is 6.58 Å². The molecule has 0 fully saturated rings. The topological polar surface area (TPSA) is 95.3 Å². The number of para-hydroxylation sites is 2. The number of nitrogens with one attached hydrogen (secondary N) is 1. The summed E-state index contributed by atoms with van der Waals surface area (Å²) < 4.78 is 2.06. The average molecular weight is 535 g/mol. The van der Waals surface area contributed by atoms with Gasteiger partial charge >= 0.3 is 0 Å². The molecule has 6 heteroatoms. The number of H-pyrrole nitrogens is 1. The van der Waals surface area contributed by atoms with Crippen LogP contribution in [0.15, 0.2) is 102 Å². The van der Waals surface area contributed by atoms with Gasteiger partial charge < -0.3 is 19.8 Å². The first kappa shape index (κ1) is 27.0. The minimum atomic E-state index is -0.726. The predicted octanol–water partition coefficient (Wildman–Crippen LogP) is 7.11. The van der Waals surface area contributed by atoms with Gasteiger partial charge in [0.2, 0.25) is 11.6 Å². The first-order valence-electron chi connectivity index (χ1n) is 13.4. The number of allylic oxidation sites excluding steroid dienone is 5. The van der Waals surface area contributed by atoms with E-state index in [9.17, 15) is 19.8 Å². The van der Waals surface area contributed by atoms with Crippen molar-refractivity contribution in [3.63, 3.8) is 0 Å². The minimum Gasteiger partial charge on any atom is -0.504 e. The Kier molecular flexibility index (Phi) is 6.88. The molecule has 0 saturated carbocycles. The summed E-state index contributed by atoms with van der Waals surface area (Å²) in [5, 5.41) is 23.7. The number of aromatic amines is 1. The summed E-state index contributed by atoms with van der Waals surface area (Å²) in [6.07, 6.45) is 8.49. The van der Waals surface area contributed by atoms with Crippen LogP contribution < -0.4 is 0 Å². The number of carbonyl (C=O) groups is 2. The fourth-order valence-corrected chi connectivity index (χ4v) is 5.36. The van der Waals surface area contributed by atoms with Crippen LogP contribution in [-0.2, 0) is 34.4 Å². The fraction of sp³-hybridized carbons (Fsp3) is 0.235. The zero-order valence-corrected chi connectivity index (χ0v) is 23.3. The molecular weight excluding hydrogens is 500 g/mol. The number of carbonyl (C=O) groups excluding carboxylic acids is 2. The number of rotatable bonds is 8. The number of aliphatic hydroxyl groups is 2. The molecule has 0 atom stereocenters. The summed E-state index contributed by atoms with van der Waals surface area (Å²) >= 11 is 0. The number of hydrogen-bond acceptors (Lipinski definition) is 4. The van der Waals surface area contributed by atoms with Gasteiger partial charge in [-0.1, -0.05) is 54.1 Å². The van der Waals surface area contributed by atoms with E-state index in [1.54, 1.807) is 6.20 Å². The molecular formula is C34H34N2O4. The summed E-state index contributed by atoms with van der Waals surface area (Å²) in [4.78, 5) is 30.0. The number of hydrogen-bond donors (Lipinski definition) is 3. The minimum absolute atomic E-state index is 0.00922. The maximum Gasteiger partial charge on any atom is 0.227 e. The number of ketones is 2. The van der Waals surface area contributed by atoms with Gasteiger partial charge in [-0.3, -0.25) is 9.59 Å². The Bertz CT molecular complexity index is 1780. The van der Waals surface area contributed by atoms with Gasteiger partial charge in [0.15, 0.2) is 11.5 Å². The molecule has 2 aromatic carbocycles. The van der Waals surface area contributed by atoms with Crippen LogP contribution in [0.3, 0.4) is 0 Å². The van der Waals surface area contributed by atoms with Gasteiger partial charge in [0, 0.05) is 47.0 Å². The van der Waals surface area contributed by atoms with Crippen LogP contribution >= 0.6 is 0 Å². The average Bonchev–Trinajstić information content (AvgIpc) is 3.53. The molecule has 5 rings (SSSR count). The molecule has 0 aliphatic heterocycles. The number of nitrogens with zero attached hydrogens (tertiary/aromatic N) is 1. The third-order valence-electron chi connectivity index (χ3n) is 7.82. The lowest BCUT2D eigenvalue weighted by Crippen LogP contribution is -2.26. The monoisotopic (exact) mass is 534 g/mol. The molecule has 0 saturated heterocycles. The highest BCUT2D eigenvalue weighted by molar-refractivity contribution is 6.23. The van der Waals surface area contributed by atoms with Crippen LogP contribution in [0.2, 0.25) is 0 Å². The molecule has 3 N–H and O–H groups in total. The van der Waals surface area contributed by atoms with E-state index in [0.29, 0.717) is 0 Å². The van der Waals surface area contributed by atoms with Crippen LogP contribution in [0.5, 0.6) is 0 Å². The molecule has 0 spiro atoms. The molecule has 0 unspecified atom stereocenters. The van der Waals surface area contributed by atoms with Gasteiger partial charge in [-0.05, 0) is 56.9 Å². The summed E-state index contributed by atoms with van der Waals surface area (Å²) in [6, 6.07) is 13.7. The van der Waals surface area contributed by atoms with Crippen molar-refractivity contribution in [1.82, 2.24) is 9.55 Å². The lowest BCUT2D eigenvalue weighted by molar-refractivity contribution is -0.120. The highest BCUT2D eigenvalue weighted by atomic mass is 16.3. The first-order chi connectivity index (χ1) is 19.0. The van der Waals surface area contributed by atoms with Gasteiger partial charge in [-0.25, -0.2) is 0 Å². The lowest BCUT2D eigenvalue weighted by Gasteiger charge is -2.23. The maximum absolute atomic E-state index is 13.4. The van der Waals surface area contributed by atoms with E-state index >= 15 is 0 Å². The second-order valence-corrected chi connectivity index (χ2v) is 11.2. The zero-order chi connectivity index (χ0) is 28.8. The maximum atomic E-state index is 13.4. The molecule has 0 bridgehead atoms. The van der Waals surface area contributed by atoms with E-state index in [2.05, 4.69) is 36.1 Å². The Hall–Kier alpha value is -4.58. The van der Waals surface area contributed by atoms with E-state index in [-0.39, 0.29) is 24.0 Å². The fourth-order valence-electron chi connectivity index (χ4n) is 5.36. The standard InChI is InChI=1S/C34H34N2O4/c1-6-34(4,5)36-19-23(24-11-7-8-13-28(24)36)17-27-32(39)30(37)26(31(38)33(27)40)16-22-18-35-29-21(15-14-20(2)3)10-9-12-25(22)29/h6-14,18-19,35,37,40H,1,15-17H2,2-5H3. The number of benzene rings is 2. The highest BCUT2D eigenvalue weighted by Crippen LogP contribution is 2.34. The van der Waals surface area contributed by atoms with Crippen LogP contribution in [-0.4, -0.2) is 31.3 Å². The van der Waals surface area contributed by atoms with E-state index in [1.807, 2.05) is 68.6 Å². The van der Waals surface area contributed by atoms with Gasteiger partial charge in [-0.2, -0.15) is 0 Å². The quantitative estimate of drug-likeness (QED) is 0.166. The molecule has 4 aromatic rings. The van der Waals surface area contributed by atoms with Gasteiger partial charge in [0.25, 0.3) is 0 Å². The summed E-state index contributed by atoms with van der Waals surface area (Å²) in [6.45, 7) is 12.1. The molecule has 2 aromatic heterocycles. The number of aliphatic hydroxyl groups excluding tert-OH is 2. The van der Waals surface area contributed by atoms with E-state index < -0.39 is 28.6 Å². The van der Waals surface area contributed by atoms with Crippen LogP contribution in [0.1, 0.15) is 44.4 Å². The molecule has 0 amide bonds. The SMILES string of the molecule is C=CC(C)(C)n1cc(CC2=C(O)C(=O)C(Cc3c[nH]c4c(CC=C(C)C)cccc34)=C(O)C2=O)c2ccccc21. The van der Waals surface area contributed by atoms with Crippen molar-refractivity contribution >= 4 is 33.4 Å². The second-order valence-electron chi connectivity index (χ2n) is 11.2. The molecule has 204 valence electrons. The third-order valence-corrected chi connectivity index (χ3v) is 7.82. The van der Waals surface area contributed by atoms with E-state index in [0.717, 1.165) is 44.9 Å². The van der Waals surface area contributed by atoms with E-state index in [4.69, 9.17) is 0 Å². The predicted molar refractivity (Wildman–Crippen MR) is 160 cm³/mol. The Balaban J connectivity index is 1.48. The second kappa shape index (κ2) is 10.2. The number of fused-ring (bicyclic) bond motifs is 2. The number of Topliss-reactive ketones (excluding diaryl/α,β-unsaturated/α-hetero) is 2. The largest absolute Gasteiger partial charge is 0.504 e. The van der Waals surface area contributed by atoms with Crippen molar-refractivity contribution in [3.8, 4) is 0 Å². The van der Waals surface area contributed by atoms with Crippen molar-refractivity contribution in [1.29, 1.82) is 0 Å². The van der Waals surface area contributed by atoms with Crippen LogP contribution in [0.25, 0.3) is 21.8 Å². The van der Waals surface area contributed by atoms with Crippen molar-refractivity contribution in [2.24, 2.45) is 0 Å². The van der Waals surface area contributed by atoms with Crippen molar-refractivity contribution < 1.29 is 19.8 Å². The van der Waals surface area contributed by atoms with Crippen molar-refractivity contribution in [3.05, 3.63) is 119 Å². The van der Waals surface area contributed by atoms with E-state index in [1.165, 1.54) is 5.57 Å². The Labute approximate surface area is 233 Å². The van der Waals surface area contributed by atoms with Crippen molar-refractivity contribution in [2.45, 2.75) is 52.5 Å². The Morgan fingerprint density at radius 1 is 0.900 bits per heavy atom. The molecule has 1 aliphatic carbocycles. The Morgan fingerprint density at radius 3 is 2.17 bits per heavy atom. The normalized spacial score (nSPS) is 14.5. The molecule has 2 heterocycles. The third kappa shape index (κ3) is 4.60. The number of aromatic nitrogens is 2. The molecule has 0 radical (unpaired) electrons. The zero-order valence-electron chi connectivity index (χ0n) is 23.3. The summed E-state index contributed by atoms with van der Waals surface area (Å²) in [5.74, 6) is -2.67. The lowest BCUT2D eigenvalue weighted by atomic mass is 9.87. The smallest absolute Gasteiger partial charge is 0.227 e. The van der Waals surface area contributed by atoms with Gasteiger partial charge in [0.05, 0.1) is 16.7 Å². The van der Waals surface area contributed by atoms with Crippen molar-refractivity contribution in [2.75, 3.05) is 0 Å². The first-order valence-corrected chi connectivity index (χ1v) is 13.4. The van der Waals surface area contributed by atoms with Gasteiger partial charge in [0.1, 0.15) is 0 Å². The molecule has 40 heavy (non-hydrogen) atoms. The summed E-state index contributed by atoms with van der Waals surface area (Å²) in [7, 11) is 0. The molecule has 1 aliphatic rings. The Morgan fingerprint density at radius 2 is 1.52 bits per heavy atom. The highest BCUT2D eigenvalue weighted by Gasteiger charge is 2.35. The summed E-state index contributed by atoms with van der Waals surface area (Å²) in [5.41, 5.74) is 5.15.